The number of rotatable bonds is 9. The van der Waals surface area contributed by atoms with Crippen LogP contribution in [0.1, 0.15) is 58.0 Å². The van der Waals surface area contributed by atoms with Crippen molar-refractivity contribution in [3.63, 3.8) is 0 Å². The number of pyridine rings is 1. The maximum Gasteiger partial charge on any atom is 0.421 e. The van der Waals surface area contributed by atoms with E-state index >= 15 is 0 Å². The molecule has 1 saturated heterocycles. The molecule has 244 valence electrons. The summed E-state index contributed by atoms with van der Waals surface area (Å²) in [6.45, 7) is 2.59. The van der Waals surface area contributed by atoms with Crippen LogP contribution in [0.4, 0.5) is 22.0 Å². The second-order valence-corrected chi connectivity index (χ2v) is 11.6. The molecule has 9 nitrogen and oxygen atoms in total. The quantitative estimate of drug-likeness (QED) is 0.200. The van der Waals surface area contributed by atoms with E-state index in [0.29, 0.717) is 47.8 Å². The Morgan fingerprint density at radius 3 is 2.48 bits per heavy atom. The van der Waals surface area contributed by atoms with Crippen molar-refractivity contribution in [2.45, 2.75) is 57.8 Å². The first kappa shape index (κ1) is 32.0. The van der Waals surface area contributed by atoms with Gasteiger partial charge in [0.05, 0.1) is 54.7 Å². The lowest BCUT2D eigenvalue weighted by Gasteiger charge is -2.35. The molecule has 6 rings (SSSR count). The Balaban J connectivity index is 1.34. The van der Waals surface area contributed by atoms with Crippen LogP contribution in [0.5, 0.6) is 11.6 Å². The third-order valence-corrected chi connectivity index (χ3v) is 8.58. The molecular weight excluding hydrogens is 639 g/mol. The van der Waals surface area contributed by atoms with Crippen LogP contribution in [0, 0.1) is 11.6 Å². The van der Waals surface area contributed by atoms with E-state index in [1.807, 2.05) is 9.47 Å². The number of imidazole rings is 1. The van der Waals surface area contributed by atoms with Gasteiger partial charge in [0, 0.05) is 18.2 Å². The Kier molecular flexibility index (Phi) is 8.55. The lowest BCUT2D eigenvalue weighted by Crippen LogP contribution is -2.36. The molecule has 0 aliphatic carbocycles. The van der Waals surface area contributed by atoms with Gasteiger partial charge in [0.1, 0.15) is 40.9 Å². The Morgan fingerprint density at radius 2 is 1.87 bits per heavy atom. The number of benzene rings is 2. The van der Waals surface area contributed by atoms with Gasteiger partial charge in [0.25, 0.3) is 0 Å². The van der Waals surface area contributed by atoms with Crippen molar-refractivity contribution < 1.29 is 46.1 Å². The van der Waals surface area contributed by atoms with Gasteiger partial charge >= 0.3 is 12.1 Å². The second-order valence-electron chi connectivity index (χ2n) is 11.2. The molecule has 0 amide bonds. The van der Waals surface area contributed by atoms with Crippen LogP contribution in [0.3, 0.4) is 0 Å². The highest BCUT2D eigenvalue weighted by Gasteiger charge is 2.39. The summed E-state index contributed by atoms with van der Waals surface area (Å²) in [4.78, 5) is 22.9. The van der Waals surface area contributed by atoms with Crippen molar-refractivity contribution >= 4 is 28.6 Å². The number of hydrogen-bond donors (Lipinski definition) is 1. The Hall–Kier alpha value is -4.01. The zero-order chi connectivity index (χ0) is 32.9. The molecule has 1 fully saturated rings. The SMILES string of the molecule is COc1cc(C(=O)O)cc2c1nc(CN1CCc3cc(C(F)(F)F)c(OCc4c(F)cc(Cl)cc4F)nc3[C@@H]1C)n2C[C@@H]1CCO1. The van der Waals surface area contributed by atoms with Gasteiger partial charge in [0.15, 0.2) is 0 Å². The third kappa shape index (κ3) is 6.08. The number of carboxylic acid groups (broad SMARTS) is 1. The van der Waals surface area contributed by atoms with Crippen LogP contribution in [0.2, 0.25) is 5.02 Å². The number of ether oxygens (including phenoxy) is 3. The highest BCUT2D eigenvalue weighted by molar-refractivity contribution is 6.30. The van der Waals surface area contributed by atoms with Crippen molar-refractivity contribution in [2.75, 3.05) is 20.3 Å². The molecule has 15 heteroatoms. The van der Waals surface area contributed by atoms with Gasteiger partial charge in [-0.2, -0.15) is 13.2 Å². The van der Waals surface area contributed by atoms with Gasteiger partial charge < -0.3 is 23.9 Å². The van der Waals surface area contributed by atoms with Crippen LogP contribution in [0.25, 0.3) is 11.0 Å². The summed E-state index contributed by atoms with van der Waals surface area (Å²) in [7, 11) is 1.42. The van der Waals surface area contributed by atoms with Crippen LogP contribution in [-0.4, -0.2) is 56.9 Å². The van der Waals surface area contributed by atoms with Gasteiger partial charge in [-0.15, -0.1) is 0 Å². The van der Waals surface area contributed by atoms with Gasteiger partial charge in [-0.1, -0.05) is 11.6 Å². The molecule has 2 atom stereocenters. The number of nitrogens with zero attached hydrogens (tertiary/aromatic N) is 4. The number of fused-ring (bicyclic) bond motifs is 2. The minimum atomic E-state index is -4.84. The van der Waals surface area contributed by atoms with Gasteiger partial charge in [-0.25, -0.2) is 23.5 Å². The number of hydrogen-bond acceptors (Lipinski definition) is 7. The maximum atomic E-state index is 14.4. The molecule has 46 heavy (non-hydrogen) atoms. The van der Waals surface area contributed by atoms with Gasteiger partial charge in [0.2, 0.25) is 5.88 Å². The summed E-state index contributed by atoms with van der Waals surface area (Å²) in [5.41, 5.74) is 0.0171. The smallest absolute Gasteiger partial charge is 0.421 e. The number of aromatic nitrogens is 3. The molecule has 0 spiro atoms. The summed E-state index contributed by atoms with van der Waals surface area (Å²) >= 11 is 5.67. The van der Waals surface area contributed by atoms with E-state index in [4.69, 9.17) is 30.8 Å². The summed E-state index contributed by atoms with van der Waals surface area (Å²) in [6.07, 6.45) is -3.88. The topological polar surface area (TPSA) is 98.9 Å². The number of carboxylic acids is 1. The highest BCUT2D eigenvalue weighted by Crippen LogP contribution is 2.41. The van der Waals surface area contributed by atoms with Crippen molar-refractivity contribution in [2.24, 2.45) is 0 Å². The third-order valence-electron chi connectivity index (χ3n) is 8.37. The monoisotopic (exact) mass is 666 g/mol. The zero-order valence-electron chi connectivity index (χ0n) is 24.6. The highest BCUT2D eigenvalue weighted by atomic mass is 35.5. The average molecular weight is 667 g/mol. The summed E-state index contributed by atoms with van der Waals surface area (Å²) in [6, 6.07) is 5.08. The van der Waals surface area contributed by atoms with E-state index in [2.05, 4.69) is 4.98 Å². The van der Waals surface area contributed by atoms with Crippen LogP contribution in [0.15, 0.2) is 30.3 Å². The second kappa shape index (κ2) is 12.3. The largest absolute Gasteiger partial charge is 0.494 e. The van der Waals surface area contributed by atoms with E-state index in [9.17, 15) is 31.9 Å². The Morgan fingerprint density at radius 1 is 1.15 bits per heavy atom. The van der Waals surface area contributed by atoms with E-state index in [-0.39, 0.29) is 35.4 Å². The first-order valence-corrected chi connectivity index (χ1v) is 14.7. The van der Waals surface area contributed by atoms with Crippen molar-refractivity contribution in [3.05, 3.63) is 80.8 Å². The Bertz CT molecular complexity index is 1800. The predicted molar refractivity (Wildman–Crippen MR) is 155 cm³/mol. The standard InChI is InChI=1S/C31H28ClF5N4O5/c1-15-27-16(7-21(31(35,36)37)29(39-27)46-14-20-22(33)10-18(32)11-23(20)34)3-5-40(15)13-26-38-28-24(41(26)12-19-4-6-45-19)8-17(30(42)43)9-25(28)44-2/h7-11,15,19H,3-6,12-14H2,1-2H3,(H,42,43)/t15-,19-/m0/s1. The molecule has 4 aromatic rings. The fourth-order valence-electron chi connectivity index (χ4n) is 5.78. The number of aromatic carboxylic acids is 1. The molecule has 0 unspecified atom stereocenters. The van der Waals surface area contributed by atoms with Crippen LogP contribution < -0.4 is 9.47 Å². The molecule has 0 saturated carbocycles. The Labute approximate surface area is 264 Å². The predicted octanol–water partition coefficient (Wildman–Crippen LogP) is 6.58. The minimum absolute atomic E-state index is 0.0300. The number of methoxy groups -OCH3 is 1. The maximum absolute atomic E-state index is 14.4. The molecule has 2 aromatic heterocycles. The van der Waals surface area contributed by atoms with Crippen LogP contribution >= 0.6 is 11.6 Å². The number of halogens is 6. The molecule has 0 bridgehead atoms. The molecular formula is C31H28ClF5N4O5. The van der Waals surface area contributed by atoms with E-state index in [1.165, 1.54) is 19.2 Å². The molecule has 2 aliphatic rings. The van der Waals surface area contributed by atoms with Crippen molar-refractivity contribution in [3.8, 4) is 11.6 Å². The van der Waals surface area contributed by atoms with E-state index in [0.717, 1.165) is 24.6 Å². The van der Waals surface area contributed by atoms with Gasteiger partial charge in [-0.05, 0) is 55.7 Å². The van der Waals surface area contributed by atoms with Crippen molar-refractivity contribution in [1.29, 1.82) is 0 Å². The van der Waals surface area contributed by atoms with E-state index < -0.39 is 53.4 Å². The molecule has 0 radical (unpaired) electrons. The number of carbonyl (C=O) groups is 1. The fourth-order valence-corrected chi connectivity index (χ4v) is 5.97. The first-order chi connectivity index (χ1) is 21.8. The summed E-state index contributed by atoms with van der Waals surface area (Å²) < 4.78 is 89.3. The summed E-state index contributed by atoms with van der Waals surface area (Å²) in [5.74, 6) is -3.16. The normalized spacial score (nSPS) is 18.3. The molecule has 4 heterocycles. The number of alkyl halides is 3. The summed E-state index contributed by atoms with van der Waals surface area (Å²) in [5, 5.41) is 9.47. The van der Waals surface area contributed by atoms with E-state index in [1.54, 1.807) is 6.92 Å². The molecule has 2 aromatic carbocycles. The minimum Gasteiger partial charge on any atom is -0.494 e. The zero-order valence-corrected chi connectivity index (χ0v) is 25.4. The molecule has 1 N–H and O–H groups in total. The fraction of sp³-hybridized carbons (Fsp3) is 0.387. The lowest BCUT2D eigenvalue weighted by atomic mass is 9.97. The van der Waals surface area contributed by atoms with Crippen LogP contribution in [-0.2, 0) is 37.0 Å². The first-order valence-electron chi connectivity index (χ1n) is 14.4. The van der Waals surface area contributed by atoms with Gasteiger partial charge in [-0.3, -0.25) is 4.90 Å². The molecule has 2 aliphatic heterocycles. The average Bonchev–Trinajstić information content (AvgIpc) is 3.31. The lowest BCUT2D eigenvalue weighted by molar-refractivity contribution is -0.139. The van der Waals surface area contributed by atoms with Crippen molar-refractivity contribution in [1.82, 2.24) is 19.4 Å².